The predicted octanol–water partition coefficient (Wildman–Crippen LogP) is 2.78. The minimum Gasteiger partial charge on any atom is -0.414 e. The molecule has 0 aromatic rings. The summed E-state index contributed by atoms with van der Waals surface area (Å²) in [5.41, 5.74) is 0. The van der Waals surface area contributed by atoms with Crippen LogP contribution in [0.25, 0.3) is 0 Å². The smallest absolute Gasteiger partial charge is 0.192 e. The van der Waals surface area contributed by atoms with Crippen LogP contribution in [-0.4, -0.2) is 25.6 Å². The van der Waals surface area contributed by atoms with Crippen molar-refractivity contribution in [2.24, 2.45) is 11.8 Å². The molecule has 0 saturated heterocycles. The van der Waals surface area contributed by atoms with Gasteiger partial charge in [0.1, 0.15) is 0 Å². The lowest BCUT2D eigenvalue weighted by Crippen LogP contribution is -2.44. The van der Waals surface area contributed by atoms with Crippen LogP contribution >= 0.6 is 0 Å². The largest absolute Gasteiger partial charge is 0.414 e. The quantitative estimate of drug-likeness (QED) is 0.736. The van der Waals surface area contributed by atoms with Gasteiger partial charge in [-0.25, -0.2) is 0 Å². The van der Waals surface area contributed by atoms with E-state index in [0.29, 0.717) is 17.9 Å². The van der Waals surface area contributed by atoms with Gasteiger partial charge >= 0.3 is 0 Å². The van der Waals surface area contributed by atoms with E-state index in [2.05, 4.69) is 33.9 Å². The highest BCUT2D eigenvalue weighted by Gasteiger charge is 2.56. The summed E-state index contributed by atoms with van der Waals surface area (Å²) >= 11 is 0. The number of fused-ring (bicyclic) bond motifs is 1. The van der Waals surface area contributed by atoms with Gasteiger partial charge in [-0.2, -0.15) is 0 Å². The Hall–Kier alpha value is 0.137. The average molecular weight is 228 g/mol. The summed E-state index contributed by atoms with van der Waals surface area (Å²) in [7, 11) is -1.63. The molecule has 0 aromatic carbocycles. The lowest BCUT2D eigenvalue weighted by atomic mass is 10.2. The summed E-state index contributed by atoms with van der Waals surface area (Å²) in [4.78, 5) is 0. The van der Waals surface area contributed by atoms with Crippen molar-refractivity contribution >= 4 is 8.32 Å². The Bertz CT molecular complexity index is 257. The Labute approximate surface area is 94.2 Å². The standard InChI is InChI=1S/C12H24O2Si/c1-12(2,3)15(4,5)14-11-7-10(13)8-6-9(8)11/h8-11,13H,6-7H2,1-5H3/t8-,9+,10-,11+/m0/s1. The zero-order valence-corrected chi connectivity index (χ0v) is 11.6. The van der Waals surface area contributed by atoms with Crippen LogP contribution in [0.4, 0.5) is 0 Å². The molecule has 0 radical (unpaired) electrons. The molecule has 88 valence electrons. The summed E-state index contributed by atoms with van der Waals surface area (Å²) in [6.07, 6.45) is 2.35. The summed E-state index contributed by atoms with van der Waals surface area (Å²) in [5, 5.41) is 10.0. The summed E-state index contributed by atoms with van der Waals surface area (Å²) in [6, 6.07) is 0. The zero-order valence-electron chi connectivity index (χ0n) is 10.6. The first-order valence-electron chi connectivity index (χ1n) is 6.08. The molecule has 0 aromatic heterocycles. The van der Waals surface area contributed by atoms with Gasteiger partial charge < -0.3 is 9.53 Å². The number of hydrogen-bond donors (Lipinski definition) is 1. The fourth-order valence-electron chi connectivity index (χ4n) is 2.38. The molecule has 2 aliphatic carbocycles. The third kappa shape index (κ3) is 2.02. The number of rotatable bonds is 2. The van der Waals surface area contributed by atoms with E-state index in [1.54, 1.807) is 0 Å². The van der Waals surface area contributed by atoms with Gasteiger partial charge in [0.15, 0.2) is 8.32 Å². The van der Waals surface area contributed by atoms with Crippen LogP contribution in [0.2, 0.25) is 18.1 Å². The highest BCUT2D eigenvalue weighted by atomic mass is 28.4. The van der Waals surface area contributed by atoms with Gasteiger partial charge in [0.2, 0.25) is 0 Å². The molecule has 2 aliphatic rings. The minimum absolute atomic E-state index is 0.0789. The summed E-state index contributed by atoms with van der Waals surface area (Å²) in [6.45, 7) is 11.4. The molecule has 4 atom stereocenters. The summed E-state index contributed by atoms with van der Waals surface area (Å²) in [5.74, 6) is 1.24. The molecule has 1 N–H and O–H groups in total. The van der Waals surface area contributed by atoms with Gasteiger partial charge in [-0.3, -0.25) is 0 Å². The van der Waals surface area contributed by atoms with Crippen LogP contribution in [0.1, 0.15) is 33.6 Å². The van der Waals surface area contributed by atoms with Crippen LogP contribution in [0.3, 0.4) is 0 Å². The van der Waals surface area contributed by atoms with Crippen molar-refractivity contribution in [2.45, 2.75) is 64.0 Å². The molecule has 15 heavy (non-hydrogen) atoms. The van der Waals surface area contributed by atoms with Gasteiger partial charge in [-0.15, -0.1) is 0 Å². The Kier molecular flexibility index (Phi) is 2.57. The van der Waals surface area contributed by atoms with E-state index in [0.717, 1.165) is 6.42 Å². The first-order chi connectivity index (χ1) is 6.72. The van der Waals surface area contributed by atoms with Gasteiger partial charge in [-0.05, 0) is 42.8 Å². The van der Waals surface area contributed by atoms with Crippen LogP contribution in [0, 0.1) is 11.8 Å². The van der Waals surface area contributed by atoms with E-state index in [-0.39, 0.29) is 11.1 Å². The van der Waals surface area contributed by atoms with Gasteiger partial charge in [0.25, 0.3) is 0 Å². The topological polar surface area (TPSA) is 29.5 Å². The molecule has 0 unspecified atom stereocenters. The molecule has 0 spiro atoms. The van der Waals surface area contributed by atoms with Crippen LogP contribution in [0.5, 0.6) is 0 Å². The molecule has 0 bridgehead atoms. The van der Waals surface area contributed by atoms with Crippen molar-refractivity contribution in [1.82, 2.24) is 0 Å². The lowest BCUT2D eigenvalue weighted by Gasteiger charge is -2.39. The fraction of sp³-hybridized carbons (Fsp3) is 1.00. The predicted molar refractivity (Wildman–Crippen MR) is 64.3 cm³/mol. The Balaban J connectivity index is 1.98. The molecule has 2 fully saturated rings. The minimum atomic E-state index is -1.63. The maximum atomic E-state index is 9.74. The second kappa shape index (κ2) is 3.31. The first kappa shape index (κ1) is 11.6. The fourth-order valence-corrected chi connectivity index (χ4v) is 3.77. The van der Waals surface area contributed by atoms with Crippen LogP contribution < -0.4 is 0 Å². The van der Waals surface area contributed by atoms with E-state index in [4.69, 9.17) is 4.43 Å². The maximum absolute atomic E-state index is 9.74. The summed E-state index contributed by atoms with van der Waals surface area (Å²) < 4.78 is 6.37. The Morgan fingerprint density at radius 3 is 2.07 bits per heavy atom. The zero-order chi connectivity index (χ0) is 11.4. The lowest BCUT2D eigenvalue weighted by molar-refractivity contribution is 0.111. The van der Waals surface area contributed by atoms with Crippen molar-refractivity contribution in [1.29, 1.82) is 0 Å². The third-order valence-corrected chi connectivity index (χ3v) is 9.09. The van der Waals surface area contributed by atoms with Gasteiger partial charge in [0, 0.05) is 0 Å². The van der Waals surface area contributed by atoms with Crippen molar-refractivity contribution in [2.75, 3.05) is 0 Å². The van der Waals surface area contributed by atoms with Crippen LogP contribution in [-0.2, 0) is 4.43 Å². The molecular weight excluding hydrogens is 204 g/mol. The normalized spacial score (nSPS) is 40.4. The molecule has 0 amide bonds. The highest BCUT2D eigenvalue weighted by molar-refractivity contribution is 6.74. The van der Waals surface area contributed by atoms with Crippen molar-refractivity contribution in [3.05, 3.63) is 0 Å². The number of aliphatic hydroxyl groups excluding tert-OH is 1. The van der Waals surface area contributed by atoms with Crippen molar-refractivity contribution in [3.63, 3.8) is 0 Å². The molecular formula is C12H24O2Si. The third-order valence-electron chi connectivity index (χ3n) is 4.59. The Morgan fingerprint density at radius 1 is 1.13 bits per heavy atom. The van der Waals surface area contributed by atoms with E-state index in [9.17, 15) is 5.11 Å². The highest BCUT2D eigenvalue weighted by Crippen LogP contribution is 2.54. The average Bonchev–Trinajstić information content (AvgIpc) is 2.73. The SMILES string of the molecule is CC(C)(C)[Si](C)(C)O[C@@H]1C[C@H](O)[C@H]2C[C@H]21. The molecule has 0 heterocycles. The monoisotopic (exact) mass is 228 g/mol. The molecule has 0 aliphatic heterocycles. The molecule has 2 nitrogen and oxygen atoms in total. The van der Waals surface area contributed by atoms with Gasteiger partial charge in [0.05, 0.1) is 12.2 Å². The first-order valence-corrected chi connectivity index (χ1v) is 8.99. The Morgan fingerprint density at radius 2 is 1.73 bits per heavy atom. The molecule has 3 heteroatoms. The van der Waals surface area contributed by atoms with Crippen molar-refractivity contribution in [3.8, 4) is 0 Å². The molecule has 2 saturated carbocycles. The van der Waals surface area contributed by atoms with E-state index < -0.39 is 8.32 Å². The second-order valence-corrected chi connectivity index (χ2v) is 11.5. The second-order valence-electron chi connectivity index (χ2n) is 6.78. The van der Waals surface area contributed by atoms with E-state index >= 15 is 0 Å². The number of hydrogen-bond acceptors (Lipinski definition) is 2. The van der Waals surface area contributed by atoms with Crippen LogP contribution in [0.15, 0.2) is 0 Å². The van der Waals surface area contributed by atoms with Gasteiger partial charge in [-0.1, -0.05) is 20.8 Å². The molecule has 2 rings (SSSR count). The van der Waals surface area contributed by atoms with Crippen molar-refractivity contribution < 1.29 is 9.53 Å². The van der Waals surface area contributed by atoms with E-state index in [1.165, 1.54) is 6.42 Å². The number of aliphatic hydroxyl groups is 1. The van der Waals surface area contributed by atoms with E-state index in [1.807, 2.05) is 0 Å². The maximum Gasteiger partial charge on any atom is 0.192 e.